The Labute approximate surface area is 133 Å². The van der Waals surface area contributed by atoms with E-state index >= 15 is 0 Å². The Kier molecular flexibility index (Phi) is 4.57. The van der Waals surface area contributed by atoms with Crippen molar-refractivity contribution in [2.75, 3.05) is 11.4 Å². The van der Waals surface area contributed by atoms with Gasteiger partial charge in [-0.15, -0.1) is 11.3 Å². The summed E-state index contributed by atoms with van der Waals surface area (Å²) in [5.41, 5.74) is 0. The number of aliphatic hydroxyl groups is 1. The quantitative estimate of drug-likeness (QED) is 0.909. The molecule has 0 aromatic carbocycles. The summed E-state index contributed by atoms with van der Waals surface area (Å²) in [5.74, 6) is 1.30. The summed E-state index contributed by atoms with van der Waals surface area (Å²) in [5, 5.41) is 13.4. The molecule has 0 saturated carbocycles. The Hall–Kier alpha value is -0.980. The van der Waals surface area contributed by atoms with Gasteiger partial charge in [-0.25, -0.2) is 4.98 Å². The van der Waals surface area contributed by atoms with Crippen LogP contribution < -0.4 is 4.90 Å². The topological polar surface area (TPSA) is 49.2 Å². The summed E-state index contributed by atoms with van der Waals surface area (Å²) < 4.78 is 4.45. The van der Waals surface area contributed by atoms with Gasteiger partial charge in [-0.1, -0.05) is 19.9 Å². The average Bonchev–Trinajstić information content (AvgIpc) is 3.19. The lowest BCUT2D eigenvalue weighted by Crippen LogP contribution is -2.30. The number of anilines is 1. The molecule has 1 fully saturated rings. The maximum atomic E-state index is 10.4. The van der Waals surface area contributed by atoms with Crippen molar-refractivity contribution in [3.8, 4) is 0 Å². The van der Waals surface area contributed by atoms with Crippen molar-refractivity contribution >= 4 is 28.0 Å². The molecule has 1 aliphatic heterocycles. The van der Waals surface area contributed by atoms with Gasteiger partial charge < -0.3 is 10.0 Å². The molecule has 0 aliphatic carbocycles. The van der Waals surface area contributed by atoms with Crippen molar-refractivity contribution in [1.29, 1.82) is 0 Å². The van der Waals surface area contributed by atoms with Crippen LogP contribution in [-0.4, -0.2) is 27.1 Å². The number of hydrogen-bond acceptors (Lipinski definition) is 6. The fourth-order valence-electron chi connectivity index (χ4n) is 2.76. The van der Waals surface area contributed by atoms with Crippen LogP contribution in [0.25, 0.3) is 0 Å². The van der Waals surface area contributed by atoms with Gasteiger partial charge in [-0.05, 0) is 30.7 Å². The summed E-state index contributed by atoms with van der Waals surface area (Å²) in [6, 6.07) is 4.38. The van der Waals surface area contributed by atoms with E-state index in [1.807, 2.05) is 17.5 Å². The summed E-state index contributed by atoms with van der Waals surface area (Å²) in [4.78, 5) is 8.06. The first kappa shape index (κ1) is 14.9. The SMILES string of the molecule is CC(C)c1nsc(N2CCCC2CC(O)c2cccs2)n1. The van der Waals surface area contributed by atoms with Gasteiger partial charge in [0.05, 0.1) is 6.10 Å². The van der Waals surface area contributed by atoms with E-state index in [9.17, 15) is 5.11 Å². The van der Waals surface area contributed by atoms with Crippen molar-refractivity contribution < 1.29 is 5.11 Å². The van der Waals surface area contributed by atoms with Crippen LogP contribution >= 0.6 is 22.9 Å². The van der Waals surface area contributed by atoms with Crippen molar-refractivity contribution in [3.63, 3.8) is 0 Å². The highest BCUT2D eigenvalue weighted by molar-refractivity contribution is 7.10. The van der Waals surface area contributed by atoms with Crippen molar-refractivity contribution in [3.05, 3.63) is 28.2 Å². The van der Waals surface area contributed by atoms with E-state index in [-0.39, 0.29) is 6.10 Å². The highest BCUT2D eigenvalue weighted by Crippen LogP contribution is 2.33. The van der Waals surface area contributed by atoms with E-state index in [2.05, 4.69) is 28.1 Å². The van der Waals surface area contributed by atoms with E-state index in [4.69, 9.17) is 0 Å². The number of hydrogen-bond donors (Lipinski definition) is 1. The molecule has 2 atom stereocenters. The molecule has 1 aliphatic rings. The average molecular weight is 323 g/mol. The lowest BCUT2D eigenvalue weighted by molar-refractivity contribution is 0.162. The van der Waals surface area contributed by atoms with E-state index in [1.54, 1.807) is 11.3 Å². The molecule has 1 saturated heterocycles. The van der Waals surface area contributed by atoms with Crippen LogP contribution in [0.4, 0.5) is 5.13 Å². The fraction of sp³-hybridized carbons (Fsp3) is 0.600. The van der Waals surface area contributed by atoms with Gasteiger partial charge >= 0.3 is 0 Å². The molecular formula is C15H21N3OS2. The largest absolute Gasteiger partial charge is 0.387 e. The molecule has 0 spiro atoms. The van der Waals surface area contributed by atoms with E-state index in [1.165, 1.54) is 18.0 Å². The third-order valence-electron chi connectivity index (χ3n) is 3.94. The van der Waals surface area contributed by atoms with Crippen LogP contribution in [0.3, 0.4) is 0 Å². The molecule has 3 rings (SSSR count). The number of aromatic nitrogens is 2. The number of thiophene rings is 1. The molecule has 21 heavy (non-hydrogen) atoms. The van der Waals surface area contributed by atoms with Crippen LogP contribution in [0.1, 0.15) is 55.8 Å². The maximum absolute atomic E-state index is 10.4. The third-order valence-corrected chi connectivity index (χ3v) is 5.68. The van der Waals surface area contributed by atoms with Gasteiger partial charge in [0.1, 0.15) is 5.82 Å². The smallest absolute Gasteiger partial charge is 0.205 e. The second kappa shape index (κ2) is 6.42. The molecule has 114 valence electrons. The molecule has 0 radical (unpaired) electrons. The molecule has 2 aromatic heterocycles. The van der Waals surface area contributed by atoms with Gasteiger partial charge in [-0.2, -0.15) is 4.37 Å². The molecule has 1 N–H and O–H groups in total. The van der Waals surface area contributed by atoms with Gasteiger partial charge in [-0.3, -0.25) is 0 Å². The van der Waals surface area contributed by atoms with Crippen LogP contribution in [0, 0.1) is 0 Å². The van der Waals surface area contributed by atoms with Crippen LogP contribution in [0.2, 0.25) is 0 Å². The second-order valence-electron chi connectivity index (χ2n) is 5.85. The Balaban J connectivity index is 1.70. The zero-order valence-corrected chi connectivity index (χ0v) is 14.0. The predicted octanol–water partition coefficient (Wildman–Crippen LogP) is 3.82. The number of nitrogens with zero attached hydrogens (tertiary/aromatic N) is 3. The number of rotatable bonds is 5. The van der Waals surface area contributed by atoms with Gasteiger partial charge in [0.2, 0.25) is 5.13 Å². The molecule has 2 unspecified atom stereocenters. The van der Waals surface area contributed by atoms with Crippen molar-refractivity contribution in [2.24, 2.45) is 0 Å². The highest BCUT2D eigenvalue weighted by Gasteiger charge is 2.30. The molecule has 4 nitrogen and oxygen atoms in total. The predicted molar refractivity (Wildman–Crippen MR) is 88.3 cm³/mol. The van der Waals surface area contributed by atoms with Crippen molar-refractivity contribution in [1.82, 2.24) is 9.36 Å². The summed E-state index contributed by atoms with van der Waals surface area (Å²) >= 11 is 3.11. The second-order valence-corrected chi connectivity index (χ2v) is 7.56. The minimum absolute atomic E-state index is 0.368. The first-order valence-electron chi connectivity index (χ1n) is 7.47. The molecule has 0 bridgehead atoms. The normalized spacial score (nSPS) is 20.4. The molecule has 3 heterocycles. The van der Waals surface area contributed by atoms with E-state index in [0.29, 0.717) is 12.0 Å². The third kappa shape index (κ3) is 3.27. The Morgan fingerprint density at radius 3 is 3.00 bits per heavy atom. The number of aliphatic hydroxyl groups excluding tert-OH is 1. The summed E-state index contributed by atoms with van der Waals surface area (Å²) in [6.45, 7) is 5.26. The maximum Gasteiger partial charge on any atom is 0.205 e. The minimum atomic E-state index is -0.368. The Morgan fingerprint density at radius 1 is 1.48 bits per heavy atom. The Bertz CT molecular complexity index is 567. The van der Waals surface area contributed by atoms with Crippen LogP contribution in [-0.2, 0) is 0 Å². The van der Waals surface area contributed by atoms with E-state index in [0.717, 1.165) is 35.2 Å². The van der Waals surface area contributed by atoms with Crippen LogP contribution in [0.5, 0.6) is 0 Å². The first-order valence-corrected chi connectivity index (χ1v) is 9.12. The van der Waals surface area contributed by atoms with Gasteiger partial charge in [0.25, 0.3) is 0 Å². The summed E-state index contributed by atoms with van der Waals surface area (Å²) in [6.07, 6.45) is 2.70. The molecular weight excluding hydrogens is 302 g/mol. The first-order chi connectivity index (χ1) is 10.1. The molecule has 6 heteroatoms. The van der Waals surface area contributed by atoms with Gasteiger partial charge in [0.15, 0.2) is 0 Å². The molecule has 0 amide bonds. The monoisotopic (exact) mass is 323 g/mol. The van der Waals surface area contributed by atoms with Gasteiger partial charge in [0, 0.05) is 34.9 Å². The standard InChI is InChI=1S/C15H21N3OS2/c1-10(2)14-16-15(21-17-14)18-7-3-5-11(18)9-12(19)13-6-4-8-20-13/h4,6,8,10-12,19H,3,5,7,9H2,1-2H3. The van der Waals surface area contributed by atoms with E-state index < -0.39 is 0 Å². The lowest BCUT2D eigenvalue weighted by atomic mass is 10.1. The lowest BCUT2D eigenvalue weighted by Gasteiger charge is -2.25. The Morgan fingerprint density at radius 2 is 2.33 bits per heavy atom. The van der Waals surface area contributed by atoms with Crippen LogP contribution in [0.15, 0.2) is 17.5 Å². The highest BCUT2D eigenvalue weighted by atomic mass is 32.1. The summed E-state index contributed by atoms with van der Waals surface area (Å²) in [7, 11) is 0. The zero-order valence-electron chi connectivity index (χ0n) is 12.4. The zero-order chi connectivity index (χ0) is 14.8. The molecule has 2 aromatic rings. The van der Waals surface area contributed by atoms with Crippen molar-refractivity contribution in [2.45, 2.75) is 51.2 Å². The minimum Gasteiger partial charge on any atom is -0.387 e. The fourth-order valence-corrected chi connectivity index (χ4v) is 4.40.